The highest BCUT2D eigenvalue weighted by Crippen LogP contribution is 2.19. The highest BCUT2D eigenvalue weighted by molar-refractivity contribution is 7.95. The smallest absolute Gasteiger partial charge is 0.255 e. The van der Waals surface area contributed by atoms with E-state index in [0.29, 0.717) is 11.3 Å². The number of rotatable bonds is 6. The molecule has 0 heterocycles. The molecule has 0 bridgehead atoms. The molecule has 0 radical (unpaired) electrons. The molecule has 2 aromatic rings. The van der Waals surface area contributed by atoms with Crippen molar-refractivity contribution in [1.29, 1.82) is 0 Å². The molecule has 1 aliphatic rings. The van der Waals surface area contributed by atoms with E-state index in [1.54, 1.807) is 24.3 Å². The molecule has 0 spiro atoms. The van der Waals surface area contributed by atoms with Crippen LogP contribution in [0.1, 0.15) is 41.6 Å². The van der Waals surface area contributed by atoms with E-state index in [9.17, 15) is 13.2 Å². The lowest BCUT2D eigenvalue weighted by atomic mass is 10.1. The third-order valence-corrected chi connectivity index (χ3v) is 5.35. The van der Waals surface area contributed by atoms with Gasteiger partial charge < -0.3 is 5.32 Å². The first-order valence-corrected chi connectivity index (χ1v) is 10.2. The van der Waals surface area contributed by atoms with Gasteiger partial charge >= 0.3 is 0 Å². The Morgan fingerprint density at radius 1 is 0.962 bits per heavy atom. The van der Waals surface area contributed by atoms with Crippen molar-refractivity contribution in [3.8, 4) is 0 Å². The van der Waals surface area contributed by atoms with Crippen LogP contribution in [0.3, 0.4) is 0 Å². The van der Waals surface area contributed by atoms with Crippen molar-refractivity contribution in [3.05, 3.63) is 71.1 Å². The van der Waals surface area contributed by atoms with E-state index >= 15 is 0 Å². The summed E-state index contributed by atoms with van der Waals surface area (Å²) in [7, 11) is -3.62. The van der Waals surface area contributed by atoms with Gasteiger partial charge in [0, 0.05) is 17.3 Å². The van der Waals surface area contributed by atoms with Gasteiger partial charge in [0.15, 0.2) is 0 Å². The first-order valence-electron chi connectivity index (χ1n) is 8.69. The third-order valence-electron chi connectivity index (χ3n) is 4.34. The summed E-state index contributed by atoms with van der Waals surface area (Å²) in [5, 5.41) is 4.14. The fourth-order valence-electron chi connectivity index (χ4n) is 2.96. The topological polar surface area (TPSA) is 75.3 Å². The summed E-state index contributed by atoms with van der Waals surface area (Å²) in [6.45, 7) is 0. The third kappa shape index (κ3) is 5.20. The number of carbonyl (C=O) groups is 1. The van der Waals surface area contributed by atoms with Crippen LogP contribution in [0.4, 0.5) is 5.69 Å². The molecule has 1 amide bonds. The van der Waals surface area contributed by atoms with Gasteiger partial charge in [-0.1, -0.05) is 43.2 Å². The van der Waals surface area contributed by atoms with Crippen LogP contribution in [0.5, 0.6) is 0 Å². The number of amides is 1. The molecule has 26 heavy (non-hydrogen) atoms. The second kappa shape index (κ2) is 8.19. The van der Waals surface area contributed by atoms with Gasteiger partial charge in [-0.3, -0.25) is 9.52 Å². The minimum absolute atomic E-state index is 0.115. The molecule has 1 fully saturated rings. The second-order valence-electron chi connectivity index (χ2n) is 6.39. The number of hydrogen-bond donors (Lipinski definition) is 2. The standard InChI is InChI=1S/C20H22N2O3S/c23-20(21-18-8-4-5-9-18)17-10-12-19(13-11-17)22-26(24,25)15-14-16-6-2-1-3-7-16/h1-3,6-7,10-15,18,22H,4-5,8-9H2,(H,21,23)/b15-14+. The normalized spacial score (nSPS) is 15.2. The molecule has 136 valence electrons. The predicted octanol–water partition coefficient (Wildman–Crippen LogP) is 3.77. The Bertz CT molecular complexity index is 869. The molecule has 0 unspecified atom stereocenters. The van der Waals surface area contributed by atoms with Crippen LogP contribution in [0, 0.1) is 0 Å². The van der Waals surface area contributed by atoms with Crippen molar-refractivity contribution >= 4 is 27.7 Å². The molecule has 0 saturated heterocycles. The van der Waals surface area contributed by atoms with E-state index in [1.165, 1.54) is 6.08 Å². The maximum absolute atomic E-state index is 12.2. The van der Waals surface area contributed by atoms with Crippen LogP contribution in [-0.2, 0) is 10.0 Å². The van der Waals surface area contributed by atoms with Crippen molar-refractivity contribution in [3.63, 3.8) is 0 Å². The number of hydrogen-bond acceptors (Lipinski definition) is 3. The molecule has 5 nitrogen and oxygen atoms in total. The summed E-state index contributed by atoms with van der Waals surface area (Å²) < 4.78 is 26.8. The van der Waals surface area contributed by atoms with E-state index < -0.39 is 10.0 Å². The average Bonchev–Trinajstić information content (AvgIpc) is 3.14. The van der Waals surface area contributed by atoms with Crippen molar-refractivity contribution in [1.82, 2.24) is 5.32 Å². The number of carbonyl (C=O) groups excluding carboxylic acids is 1. The molecule has 0 aromatic heterocycles. The Morgan fingerprint density at radius 2 is 1.62 bits per heavy atom. The second-order valence-corrected chi connectivity index (χ2v) is 7.96. The first-order chi connectivity index (χ1) is 12.5. The molecular formula is C20H22N2O3S. The van der Waals surface area contributed by atoms with Gasteiger partial charge in [-0.2, -0.15) is 0 Å². The lowest BCUT2D eigenvalue weighted by Crippen LogP contribution is -2.32. The van der Waals surface area contributed by atoms with Gasteiger partial charge in [0.25, 0.3) is 15.9 Å². The van der Waals surface area contributed by atoms with Gasteiger partial charge in [0.05, 0.1) is 5.41 Å². The minimum atomic E-state index is -3.62. The van der Waals surface area contributed by atoms with Crippen LogP contribution in [0.2, 0.25) is 0 Å². The SMILES string of the molecule is O=C(NC1CCCC1)c1ccc(NS(=O)(=O)/C=C/c2ccccc2)cc1. The molecule has 3 rings (SSSR count). The molecule has 6 heteroatoms. The number of benzene rings is 2. The largest absolute Gasteiger partial charge is 0.349 e. The van der Waals surface area contributed by atoms with Gasteiger partial charge in [0.1, 0.15) is 0 Å². The summed E-state index contributed by atoms with van der Waals surface area (Å²) in [4.78, 5) is 12.2. The lowest BCUT2D eigenvalue weighted by Gasteiger charge is -2.12. The molecule has 1 aliphatic carbocycles. The maximum atomic E-state index is 12.2. The fourth-order valence-corrected chi connectivity index (χ4v) is 3.83. The lowest BCUT2D eigenvalue weighted by molar-refractivity contribution is 0.0938. The zero-order valence-corrected chi connectivity index (χ0v) is 15.2. The first kappa shape index (κ1) is 18.2. The number of sulfonamides is 1. The van der Waals surface area contributed by atoms with Crippen LogP contribution >= 0.6 is 0 Å². The molecule has 2 N–H and O–H groups in total. The molecule has 2 aromatic carbocycles. The van der Waals surface area contributed by atoms with E-state index in [1.807, 2.05) is 30.3 Å². The molecule has 1 saturated carbocycles. The van der Waals surface area contributed by atoms with Crippen LogP contribution in [0.15, 0.2) is 60.0 Å². The summed E-state index contributed by atoms with van der Waals surface area (Å²) in [5.41, 5.74) is 1.75. The Kier molecular flexibility index (Phi) is 5.73. The summed E-state index contributed by atoms with van der Waals surface area (Å²) in [6.07, 6.45) is 5.89. The van der Waals surface area contributed by atoms with Crippen molar-refractivity contribution in [2.24, 2.45) is 0 Å². The average molecular weight is 370 g/mol. The fraction of sp³-hybridized carbons (Fsp3) is 0.250. The van der Waals surface area contributed by atoms with Crippen molar-refractivity contribution in [2.75, 3.05) is 4.72 Å². The minimum Gasteiger partial charge on any atom is -0.349 e. The predicted molar refractivity (Wildman–Crippen MR) is 104 cm³/mol. The van der Waals surface area contributed by atoms with E-state index in [4.69, 9.17) is 0 Å². The Labute approximate surface area is 154 Å². The van der Waals surface area contributed by atoms with Crippen LogP contribution in [0.25, 0.3) is 6.08 Å². The Hall–Kier alpha value is -2.60. The quantitative estimate of drug-likeness (QED) is 0.813. The number of nitrogens with one attached hydrogen (secondary N) is 2. The summed E-state index contributed by atoms with van der Waals surface area (Å²) in [5.74, 6) is -0.115. The van der Waals surface area contributed by atoms with Crippen LogP contribution < -0.4 is 10.0 Å². The zero-order chi connectivity index (χ0) is 18.4. The highest BCUT2D eigenvalue weighted by atomic mass is 32.2. The van der Waals surface area contributed by atoms with Gasteiger partial charge in [-0.15, -0.1) is 0 Å². The number of anilines is 1. The molecular weight excluding hydrogens is 348 g/mol. The molecule has 0 aliphatic heterocycles. The van der Waals surface area contributed by atoms with Crippen molar-refractivity contribution in [2.45, 2.75) is 31.7 Å². The Morgan fingerprint density at radius 3 is 2.27 bits per heavy atom. The van der Waals surface area contributed by atoms with Gasteiger partial charge in [-0.05, 0) is 48.7 Å². The van der Waals surface area contributed by atoms with Gasteiger partial charge in [0.2, 0.25) is 0 Å². The zero-order valence-electron chi connectivity index (χ0n) is 14.4. The van der Waals surface area contributed by atoms with E-state index in [-0.39, 0.29) is 11.9 Å². The summed E-state index contributed by atoms with van der Waals surface area (Å²) >= 11 is 0. The van der Waals surface area contributed by atoms with E-state index in [2.05, 4.69) is 10.0 Å². The Balaban J connectivity index is 1.61. The van der Waals surface area contributed by atoms with E-state index in [0.717, 1.165) is 36.7 Å². The monoisotopic (exact) mass is 370 g/mol. The molecule has 0 atom stereocenters. The van der Waals surface area contributed by atoms with Gasteiger partial charge in [-0.25, -0.2) is 8.42 Å². The van der Waals surface area contributed by atoms with Crippen molar-refractivity contribution < 1.29 is 13.2 Å². The van der Waals surface area contributed by atoms with Crippen LogP contribution in [-0.4, -0.2) is 20.4 Å². The summed E-state index contributed by atoms with van der Waals surface area (Å²) in [6, 6.07) is 15.9. The highest BCUT2D eigenvalue weighted by Gasteiger charge is 2.18. The maximum Gasteiger partial charge on any atom is 0.255 e.